The fourth-order valence-electron chi connectivity index (χ4n) is 1.27. The van der Waals surface area contributed by atoms with Gasteiger partial charge in [-0.15, -0.1) is 0 Å². The second-order valence-electron chi connectivity index (χ2n) is 3.25. The third kappa shape index (κ3) is 2.15. The van der Waals surface area contributed by atoms with E-state index in [0.717, 1.165) is 17.2 Å². The first-order valence-corrected chi connectivity index (χ1v) is 4.66. The molecule has 1 heterocycles. The molecule has 1 aromatic carbocycles. The quantitative estimate of drug-likeness (QED) is 0.737. The predicted octanol–water partition coefficient (Wildman–Crippen LogP) is 0.437. The summed E-state index contributed by atoms with van der Waals surface area (Å²) in [5, 5.41) is 9.49. The van der Waals surface area contributed by atoms with Gasteiger partial charge in [0.25, 0.3) is 11.8 Å². The maximum absolute atomic E-state index is 11.2. The van der Waals surface area contributed by atoms with Crippen molar-refractivity contribution in [1.29, 1.82) is 0 Å². The van der Waals surface area contributed by atoms with Crippen molar-refractivity contribution in [3.63, 3.8) is 0 Å². The number of hydrogen-bond donors (Lipinski definition) is 2. The lowest BCUT2D eigenvalue weighted by Gasteiger charge is -2.16. The summed E-state index contributed by atoms with van der Waals surface area (Å²) in [6.07, 6.45) is 2.29. The Hall–Kier alpha value is -2.63. The first-order valence-electron chi connectivity index (χ1n) is 4.66. The van der Waals surface area contributed by atoms with Crippen molar-refractivity contribution < 1.29 is 19.5 Å². The van der Waals surface area contributed by atoms with Gasteiger partial charge in [-0.05, 0) is 24.3 Å². The van der Waals surface area contributed by atoms with Crippen LogP contribution in [0, 0.1) is 6.07 Å². The second-order valence-corrected chi connectivity index (χ2v) is 3.25. The number of carbonyl (C=O) groups is 3. The van der Waals surface area contributed by atoms with Crippen molar-refractivity contribution in [3.8, 4) is 0 Å². The van der Waals surface area contributed by atoms with Crippen LogP contribution in [0.1, 0.15) is 10.4 Å². The molecule has 2 amide bonds. The second kappa shape index (κ2) is 4.09. The van der Waals surface area contributed by atoms with Gasteiger partial charge in [-0.3, -0.25) is 15.0 Å². The molecule has 6 heteroatoms. The molecule has 6 nitrogen and oxygen atoms in total. The molecule has 1 aromatic rings. The van der Waals surface area contributed by atoms with Crippen LogP contribution in [-0.2, 0) is 9.59 Å². The highest BCUT2D eigenvalue weighted by atomic mass is 16.4. The minimum Gasteiger partial charge on any atom is -0.478 e. The minimum atomic E-state index is -1.09. The Morgan fingerprint density at radius 1 is 1.24 bits per heavy atom. The summed E-state index contributed by atoms with van der Waals surface area (Å²) >= 11 is 0. The van der Waals surface area contributed by atoms with Gasteiger partial charge < -0.3 is 5.11 Å². The van der Waals surface area contributed by atoms with Crippen LogP contribution in [0.5, 0.6) is 0 Å². The first kappa shape index (κ1) is 10.9. The summed E-state index contributed by atoms with van der Waals surface area (Å²) in [5.74, 6) is -2.04. The number of aromatic carboxylic acids is 1. The fourth-order valence-corrected chi connectivity index (χ4v) is 1.27. The normalized spacial score (nSPS) is 14.2. The van der Waals surface area contributed by atoms with Gasteiger partial charge in [0.1, 0.15) is 0 Å². The number of imide groups is 1. The van der Waals surface area contributed by atoms with Gasteiger partial charge in [0.15, 0.2) is 0 Å². The van der Waals surface area contributed by atoms with E-state index in [1.165, 1.54) is 18.2 Å². The lowest BCUT2D eigenvalue weighted by atomic mass is 10.2. The molecule has 1 aliphatic rings. The van der Waals surface area contributed by atoms with Crippen molar-refractivity contribution in [1.82, 2.24) is 5.01 Å². The lowest BCUT2D eigenvalue weighted by molar-refractivity contribution is -0.135. The van der Waals surface area contributed by atoms with E-state index in [0.29, 0.717) is 5.69 Å². The van der Waals surface area contributed by atoms with Crippen LogP contribution in [0.3, 0.4) is 0 Å². The molecule has 0 bridgehead atoms. The number of carbonyl (C=O) groups excluding carboxylic acids is 2. The van der Waals surface area contributed by atoms with Crippen molar-refractivity contribution in [2.24, 2.45) is 0 Å². The number of nitrogens with one attached hydrogen (secondary N) is 1. The lowest BCUT2D eigenvalue weighted by Crippen LogP contribution is -2.35. The smallest absolute Gasteiger partial charge is 0.336 e. The van der Waals surface area contributed by atoms with Gasteiger partial charge in [-0.2, -0.15) is 5.01 Å². The van der Waals surface area contributed by atoms with Crippen LogP contribution in [0.4, 0.5) is 5.69 Å². The van der Waals surface area contributed by atoms with Crippen LogP contribution in [0.2, 0.25) is 0 Å². The highest BCUT2D eigenvalue weighted by Crippen LogP contribution is 2.12. The van der Waals surface area contributed by atoms with Crippen LogP contribution < -0.4 is 5.43 Å². The minimum absolute atomic E-state index is 0.00718. The molecule has 0 atom stereocenters. The third-order valence-corrected chi connectivity index (χ3v) is 2.09. The number of hydrogen-bond acceptors (Lipinski definition) is 4. The maximum atomic E-state index is 11.2. The van der Waals surface area contributed by atoms with Crippen molar-refractivity contribution in [3.05, 3.63) is 42.0 Å². The molecule has 2 rings (SSSR count). The van der Waals surface area contributed by atoms with E-state index in [2.05, 4.69) is 11.5 Å². The summed E-state index contributed by atoms with van der Waals surface area (Å²) in [7, 11) is 0. The highest BCUT2D eigenvalue weighted by molar-refractivity contribution is 6.13. The number of rotatable bonds is 3. The SMILES string of the molecule is O=C(O)c1[c]cc(NN2C(=O)C=CC2=O)cc1. The maximum Gasteiger partial charge on any atom is 0.336 e. The van der Waals surface area contributed by atoms with Gasteiger partial charge in [0, 0.05) is 12.2 Å². The van der Waals surface area contributed by atoms with E-state index in [-0.39, 0.29) is 5.56 Å². The van der Waals surface area contributed by atoms with Crippen molar-refractivity contribution >= 4 is 23.5 Å². The van der Waals surface area contributed by atoms with Gasteiger partial charge in [0.05, 0.1) is 11.3 Å². The number of hydrazine groups is 1. The third-order valence-electron chi connectivity index (χ3n) is 2.09. The Kier molecular flexibility index (Phi) is 2.61. The molecule has 0 spiro atoms. The van der Waals surface area contributed by atoms with E-state index >= 15 is 0 Å². The molecule has 1 radical (unpaired) electrons. The Bertz CT molecular complexity index is 501. The van der Waals surface area contributed by atoms with Crippen LogP contribution in [0.15, 0.2) is 30.4 Å². The first-order chi connectivity index (χ1) is 8.08. The molecular weight excluding hydrogens is 224 g/mol. The molecule has 0 aliphatic carbocycles. The zero-order chi connectivity index (χ0) is 12.4. The Morgan fingerprint density at radius 3 is 2.35 bits per heavy atom. The zero-order valence-corrected chi connectivity index (χ0v) is 8.51. The number of amides is 2. The van der Waals surface area contributed by atoms with Gasteiger partial charge in [-0.25, -0.2) is 4.79 Å². The molecule has 17 heavy (non-hydrogen) atoms. The summed E-state index contributed by atoms with van der Waals surface area (Å²) in [4.78, 5) is 33.0. The van der Waals surface area contributed by atoms with Crippen LogP contribution >= 0.6 is 0 Å². The van der Waals surface area contributed by atoms with E-state index in [1.54, 1.807) is 0 Å². The monoisotopic (exact) mass is 231 g/mol. The molecule has 0 saturated carbocycles. The molecule has 0 aromatic heterocycles. The average Bonchev–Trinajstić information content (AvgIpc) is 2.61. The van der Waals surface area contributed by atoms with E-state index in [4.69, 9.17) is 5.11 Å². The molecule has 2 N–H and O–H groups in total. The number of nitrogens with zero attached hydrogens (tertiary/aromatic N) is 1. The molecule has 1 aliphatic heterocycles. The topological polar surface area (TPSA) is 86.7 Å². The Morgan fingerprint density at radius 2 is 1.88 bits per heavy atom. The van der Waals surface area contributed by atoms with E-state index in [9.17, 15) is 14.4 Å². The summed E-state index contributed by atoms with van der Waals surface area (Å²) < 4.78 is 0. The van der Waals surface area contributed by atoms with Crippen molar-refractivity contribution in [2.45, 2.75) is 0 Å². The van der Waals surface area contributed by atoms with Crippen molar-refractivity contribution in [2.75, 3.05) is 5.43 Å². The summed E-state index contributed by atoms with van der Waals surface area (Å²) in [6, 6.07) is 6.62. The highest BCUT2D eigenvalue weighted by Gasteiger charge is 2.23. The Balaban J connectivity index is 2.12. The van der Waals surface area contributed by atoms with E-state index in [1.807, 2.05) is 0 Å². The molecule has 85 valence electrons. The molecule has 0 unspecified atom stereocenters. The fraction of sp³-hybridized carbons (Fsp3) is 0. The largest absolute Gasteiger partial charge is 0.478 e. The number of benzene rings is 1. The van der Waals surface area contributed by atoms with E-state index < -0.39 is 17.8 Å². The summed E-state index contributed by atoms with van der Waals surface area (Å²) in [6.45, 7) is 0. The average molecular weight is 231 g/mol. The Labute approximate surface area is 96.1 Å². The van der Waals surface area contributed by atoms with Gasteiger partial charge in [-0.1, -0.05) is 0 Å². The van der Waals surface area contributed by atoms with Gasteiger partial charge >= 0.3 is 5.97 Å². The number of carboxylic acids is 1. The zero-order valence-electron chi connectivity index (χ0n) is 8.51. The molecular formula is C11H7N2O4. The number of carboxylic acid groups (broad SMARTS) is 1. The van der Waals surface area contributed by atoms with Crippen LogP contribution in [0.25, 0.3) is 0 Å². The predicted molar refractivity (Wildman–Crippen MR) is 56.9 cm³/mol. The van der Waals surface area contributed by atoms with Crippen LogP contribution in [-0.4, -0.2) is 27.9 Å². The summed E-state index contributed by atoms with van der Waals surface area (Å²) in [5.41, 5.74) is 2.96. The number of anilines is 1. The molecule has 0 saturated heterocycles. The van der Waals surface area contributed by atoms with Gasteiger partial charge in [0.2, 0.25) is 0 Å². The molecule has 0 fully saturated rings. The standard InChI is InChI=1S/C11H7N2O4/c14-9-5-6-10(15)13(9)12-8-3-1-7(2-4-8)11(16)17/h1,3-6,12H,(H,16,17).